The first-order valence-corrected chi connectivity index (χ1v) is 8.28. The SMILES string of the molecule is CCN(CC(=O)O)C1CC(NC(=O)c2cnn(C)c2C2CC2)C1. The van der Waals surface area contributed by atoms with Gasteiger partial charge in [0.05, 0.1) is 24.0 Å². The van der Waals surface area contributed by atoms with Gasteiger partial charge in [-0.3, -0.25) is 19.2 Å². The van der Waals surface area contributed by atoms with Gasteiger partial charge in [0.25, 0.3) is 5.91 Å². The lowest BCUT2D eigenvalue weighted by Gasteiger charge is -2.42. The highest BCUT2D eigenvalue weighted by Crippen LogP contribution is 2.41. The highest BCUT2D eigenvalue weighted by atomic mass is 16.4. The van der Waals surface area contributed by atoms with Gasteiger partial charge in [-0.15, -0.1) is 0 Å². The first-order valence-electron chi connectivity index (χ1n) is 8.28. The summed E-state index contributed by atoms with van der Waals surface area (Å²) in [6.07, 6.45) is 5.54. The van der Waals surface area contributed by atoms with Crippen LogP contribution in [0.5, 0.6) is 0 Å². The van der Waals surface area contributed by atoms with Crippen molar-refractivity contribution >= 4 is 11.9 Å². The lowest BCUT2D eigenvalue weighted by atomic mass is 9.85. The van der Waals surface area contributed by atoms with E-state index < -0.39 is 5.97 Å². The molecule has 7 heteroatoms. The molecule has 1 heterocycles. The van der Waals surface area contributed by atoms with Gasteiger partial charge >= 0.3 is 5.97 Å². The van der Waals surface area contributed by atoms with Gasteiger partial charge in [-0.05, 0) is 32.2 Å². The first kappa shape index (κ1) is 16.0. The molecule has 1 aromatic heterocycles. The monoisotopic (exact) mass is 320 g/mol. The summed E-state index contributed by atoms with van der Waals surface area (Å²) < 4.78 is 1.81. The van der Waals surface area contributed by atoms with Crippen LogP contribution >= 0.6 is 0 Å². The predicted molar refractivity (Wildman–Crippen MR) is 84.3 cm³/mol. The number of aromatic nitrogens is 2. The minimum absolute atomic E-state index is 0.0512. The maximum Gasteiger partial charge on any atom is 0.317 e. The predicted octanol–water partition coefficient (Wildman–Crippen LogP) is 0.965. The Bertz CT molecular complexity index is 602. The van der Waals surface area contributed by atoms with E-state index in [-0.39, 0.29) is 24.5 Å². The van der Waals surface area contributed by atoms with E-state index in [9.17, 15) is 9.59 Å². The van der Waals surface area contributed by atoms with E-state index >= 15 is 0 Å². The Balaban J connectivity index is 1.54. The quantitative estimate of drug-likeness (QED) is 0.781. The molecule has 1 aromatic rings. The van der Waals surface area contributed by atoms with Crippen molar-refractivity contribution in [3.05, 3.63) is 17.5 Å². The molecule has 0 bridgehead atoms. The summed E-state index contributed by atoms with van der Waals surface area (Å²) >= 11 is 0. The number of hydrogen-bond acceptors (Lipinski definition) is 4. The van der Waals surface area contributed by atoms with Crippen molar-refractivity contribution in [2.24, 2.45) is 7.05 Å². The van der Waals surface area contributed by atoms with Gasteiger partial charge in [0.2, 0.25) is 0 Å². The van der Waals surface area contributed by atoms with E-state index in [4.69, 9.17) is 5.11 Å². The van der Waals surface area contributed by atoms with Gasteiger partial charge in [-0.2, -0.15) is 5.10 Å². The highest BCUT2D eigenvalue weighted by molar-refractivity contribution is 5.95. The van der Waals surface area contributed by atoms with Crippen molar-refractivity contribution in [2.75, 3.05) is 13.1 Å². The molecule has 1 amide bonds. The van der Waals surface area contributed by atoms with Gasteiger partial charge < -0.3 is 10.4 Å². The van der Waals surface area contributed by atoms with E-state index in [1.807, 2.05) is 23.6 Å². The molecular formula is C16H24N4O3. The molecule has 0 spiro atoms. The Morgan fingerprint density at radius 1 is 1.43 bits per heavy atom. The molecule has 7 nitrogen and oxygen atoms in total. The van der Waals surface area contributed by atoms with E-state index in [0.717, 1.165) is 31.4 Å². The summed E-state index contributed by atoms with van der Waals surface area (Å²) in [5.74, 6) is -0.378. The van der Waals surface area contributed by atoms with Crippen LogP contribution in [0.1, 0.15) is 54.6 Å². The van der Waals surface area contributed by atoms with Crippen LogP contribution in [0.15, 0.2) is 6.20 Å². The molecule has 0 saturated heterocycles. The Morgan fingerprint density at radius 3 is 2.70 bits per heavy atom. The fourth-order valence-electron chi connectivity index (χ4n) is 3.40. The summed E-state index contributed by atoms with van der Waals surface area (Å²) in [6.45, 7) is 2.74. The second kappa shape index (κ2) is 6.31. The van der Waals surface area contributed by atoms with Crippen LogP contribution < -0.4 is 5.32 Å². The second-order valence-electron chi connectivity index (χ2n) is 6.59. The van der Waals surface area contributed by atoms with E-state index in [2.05, 4.69) is 10.4 Å². The molecule has 2 saturated carbocycles. The lowest BCUT2D eigenvalue weighted by Crippen LogP contribution is -2.54. The average Bonchev–Trinajstić information content (AvgIpc) is 3.22. The van der Waals surface area contributed by atoms with Crippen molar-refractivity contribution in [1.29, 1.82) is 0 Å². The smallest absolute Gasteiger partial charge is 0.317 e. The Labute approximate surface area is 135 Å². The summed E-state index contributed by atoms with van der Waals surface area (Å²) in [7, 11) is 1.88. The third kappa shape index (κ3) is 3.39. The summed E-state index contributed by atoms with van der Waals surface area (Å²) in [6, 6.07) is 0.376. The molecule has 3 rings (SSSR count). The molecule has 0 aliphatic heterocycles. The van der Waals surface area contributed by atoms with Crippen molar-refractivity contribution in [1.82, 2.24) is 20.0 Å². The first-order chi connectivity index (χ1) is 11.0. The standard InChI is InChI=1S/C16H24N4O3/c1-3-20(9-14(21)22)12-6-11(7-12)18-16(23)13-8-17-19(2)15(13)10-4-5-10/h8,10-12H,3-7,9H2,1-2H3,(H,18,23)(H,21,22). The topological polar surface area (TPSA) is 87.5 Å². The third-order valence-corrected chi connectivity index (χ3v) is 4.90. The molecule has 2 aliphatic carbocycles. The zero-order valence-corrected chi connectivity index (χ0v) is 13.7. The Hall–Kier alpha value is -1.89. The van der Waals surface area contributed by atoms with Gasteiger partial charge in [0.15, 0.2) is 0 Å². The maximum atomic E-state index is 12.5. The lowest BCUT2D eigenvalue weighted by molar-refractivity contribution is -0.139. The number of nitrogens with zero attached hydrogens (tertiary/aromatic N) is 3. The van der Waals surface area contributed by atoms with Crippen LogP contribution in [0.4, 0.5) is 0 Å². The number of nitrogens with one attached hydrogen (secondary N) is 1. The average molecular weight is 320 g/mol. The molecule has 23 heavy (non-hydrogen) atoms. The fraction of sp³-hybridized carbons (Fsp3) is 0.688. The van der Waals surface area contributed by atoms with E-state index in [0.29, 0.717) is 18.0 Å². The summed E-state index contributed by atoms with van der Waals surface area (Å²) in [5, 5.41) is 16.2. The number of aliphatic carboxylic acids is 1. The molecule has 0 unspecified atom stereocenters. The summed E-state index contributed by atoms with van der Waals surface area (Å²) in [5.41, 5.74) is 1.73. The number of carbonyl (C=O) groups excluding carboxylic acids is 1. The maximum absolute atomic E-state index is 12.5. The highest BCUT2D eigenvalue weighted by Gasteiger charge is 2.36. The molecular weight excluding hydrogens is 296 g/mol. The number of aryl methyl sites for hydroxylation is 1. The van der Waals surface area contributed by atoms with Crippen LogP contribution in [0.3, 0.4) is 0 Å². The third-order valence-electron chi connectivity index (χ3n) is 4.90. The van der Waals surface area contributed by atoms with Crippen LogP contribution in [0.2, 0.25) is 0 Å². The Kier molecular flexibility index (Phi) is 4.39. The van der Waals surface area contributed by atoms with Crippen molar-refractivity contribution < 1.29 is 14.7 Å². The zero-order valence-electron chi connectivity index (χ0n) is 13.7. The molecule has 0 aromatic carbocycles. The Morgan fingerprint density at radius 2 is 2.13 bits per heavy atom. The molecule has 126 valence electrons. The van der Waals surface area contributed by atoms with Crippen LogP contribution in [0, 0.1) is 0 Å². The van der Waals surface area contributed by atoms with Gasteiger partial charge in [0.1, 0.15) is 0 Å². The van der Waals surface area contributed by atoms with E-state index in [1.165, 1.54) is 0 Å². The molecule has 2 aliphatic rings. The number of carboxylic acids is 1. The molecule has 0 atom stereocenters. The molecule has 0 radical (unpaired) electrons. The molecule has 2 N–H and O–H groups in total. The number of hydrogen-bond donors (Lipinski definition) is 2. The normalized spacial score (nSPS) is 23.6. The van der Waals surface area contributed by atoms with Crippen LogP contribution in [-0.4, -0.2) is 56.8 Å². The minimum atomic E-state index is -0.802. The summed E-state index contributed by atoms with van der Waals surface area (Å²) in [4.78, 5) is 25.3. The van der Waals surface area contributed by atoms with Crippen LogP contribution in [0.25, 0.3) is 0 Å². The van der Waals surface area contributed by atoms with Crippen molar-refractivity contribution in [3.8, 4) is 0 Å². The number of carbonyl (C=O) groups is 2. The van der Waals surface area contributed by atoms with Crippen LogP contribution in [-0.2, 0) is 11.8 Å². The largest absolute Gasteiger partial charge is 0.480 e. The minimum Gasteiger partial charge on any atom is -0.480 e. The number of rotatable bonds is 7. The number of carboxylic acid groups (broad SMARTS) is 1. The molecule has 2 fully saturated rings. The zero-order chi connectivity index (χ0) is 16.6. The fourth-order valence-corrected chi connectivity index (χ4v) is 3.40. The number of amides is 1. The second-order valence-corrected chi connectivity index (χ2v) is 6.59. The van der Waals surface area contributed by atoms with Gasteiger partial charge in [-0.25, -0.2) is 0 Å². The van der Waals surface area contributed by atoms with Crippen molar-refractivity contribution in [2.45, 2.75) is 50.6 Å². The van der Waals surface area contributed by atoms with Crippen molar-refractivity contribution in [3.63, 3.8) is 0 Å². The van der Waals surface area contributed by atoms with Gasteiger partial charge in [0, 0.05) is 25.0 Å². The van der Waals surface area contributed by atoms with E-state index in [1.54, 1.807) is 6.20 Å². The number of likely N-dealkylation sites (N-methyl/N-ethyl adjacent to an activating group) is 1. The van der Waals surface area contributed by atoms with Gasteiger partial charge in [-0.1, -0.05) is 6.92 Å².